The molecule has 118 valence electrons. The molecule has 0 bridgehead atoms. The van der Waals surface area contributed by atoms with Gasteiger partial charge in [0.05, 0.1) is 6.26 Å². The van der Waals surface area contributed by atoms with Gasteiger partial charge in [0.15, 0.2) is 0 Å². The van der Waals surface area contributed by atoms with E-state index in [4.69, 9.17) is 9.15 Å². The van der Waals surface area contributed by atoms with Crippen LogP contribution in [0.3, 0.4) is 0 Å². The van der Waals surface area contributed by atoms with Crippen molar-refractivity contribution in [1.82, 2.24) is 5.32 Å². The van der Waals surface area contributed by atoms with Crippen molar-refractivity contribution < 1.29 is 13.9 Å². The van der Waals surface area contributed by atoms with Crippen molar-refractivity contribution in [2.45, 2.75) is 32.8 Å². The Bertz CT molecular complexity index is 546. The van der Waals surface area contributed by atoms with Gasteiger partial charge < -0.3 is 14.5 Å². The first kappa shape index (κ1) is 16.3. The van der Waals surface area contributed by atoms with Crippen LogP contribution in [-0.2, 0) is 22.6 Å². The number of amides is 1. The zero-order chi connectivity index (χ0) is 15.6. The van der Waals surface area contributed by atoms with E-state index in [-0.39, 0.29) is 5.91 Å². The van der Waals surface area contributed by atoms with Crippen LogP contribution in [0.4, 0.5) is 0 Å². The minimum Gasteiger partial charge on any atom is -0.467 e. The molecule has 4 nitrogen and oxygen atoms in total. The summed E-state index contributed by atoms with van der Waals surface area (Å²) in [7, 11) is 0. The van der Waals surface area contributed by atoms with E-state index >= 15 is 0 Å². The number of furan rings is 1. The van der Waals surface area contributed by atoms with Crippen molar-refractivity contribution in [3.63, 3.8) is 0 Å². The molecule has 0 aliphatic heterocycles. The number of hydrogen-bond donors (Lipinski definition) is 1. The molecule has 0 aliphatic carbocycles. The van der Waals surface area contributed by atoms with Crippen LogP contribution >= 0.6 is 0 Å². The lowest BCUT2D eigenvalue weighted by atomic mass is 10.1. The maximum atomic E-state index is 11.7. The quantitative estimate of drug-likeness (QED) is 0.723. The fourth-order valence-corrected chi connectivity index (χ4v) is 2.07. The minimum atomic E-state index is 0.0895. The van der Waals surface area contributed by atoms with Gasteiger partial charge in [-0.1, -0.05) is 29.8 Å². The Morgan fingerprint density at radius 3 is 2.77 bits per heavy atom. The number of rotatable bonds is 9. The lowest BCUT2D eigenvalue weighted by Gasteiger charge is -2.06. The van der Waals surface area contributed by atoms with Gasteiger partial charge in [0.1, 0.15) is 12.4 Å². The van der Waals surface area contributed by atoms with Gasteiger partial charge in [-0.25, -0.2) is 0 Å². The van der Waals surface area contributed by atoms with Gasteiger partial charge in [-0.3, -0.25) is 4.79 Å². The smallest absolute Gasteiger partial charge is 0.220 e. The van der Waals surface area contributed by atoms with E-state index in [0.717, 1.165) is 18.6 Å². The van der Waals surface area contributed by atoms with Crippen LogP contribution in [0.2, 0.25) is 0 Å². The standard InChI is InChI=1S/C18H23NO3/c1-15-5-7-16(8-6-15)9-10-18(20)19-11-3-12-21-14-17-4-2-13-22-17/h2,4-8,13H,3,9-12,14H2,1H3,(H,19,20). The second-order valence-electron chi connectivity index (χ2n) is 5.32. The van der Waals surface area contributed by atoms with E-state index in [1.165, 1.54) is 11.1 Å². The highest BCUT2D eigenvalue weighted by Crippen LogP contribution is 2.05. The fraction of sp³-hybridized carbons (Fsp3) is 0.389. The molecule has 2 aromatic rings. The maximum absolute atomic E-state index is 11.7. The van der Waals surface area contributed by atoms with E-state index in [1.807, 2.05) is 12.1 Å². The van der Waals surface area contributed by atoms with Gasteiger partial charge in [-0.2, -0.15) is 0 Å². The number of carbonyl (C=O) groups is 1. The number of ether oxygens (including phenoxy) is 1. The number of nitrogens with one attached hydrogen (secondary N) is 1. The van der Waals surface area contributed by atoms with Gasteiger partial charge in [0.25, 0.3) is 0 Å². The Morgan fingerprint density at radius 1 is 1.23 bits per heavy atom. The van der Waals surface area contributed by atoms with E-state index in [2.05, 4.69) is 36.5 Å². The molecular formula is C18H23NO3. The van der Waals surface area contributed by atoms with E-state index < -0.39 is 0 Å². The number of carbonyl (C=O) groups excluding carboxylic acids is 1. The molecule has 1 aromatic heterocycles. The predicted molar refractivity (Wildman–Crippen MR) is 85.5 cm³/mol. The summed E-state index contributed by atoms with van der Waals surface area (Å²) in [6, 6.07) is 12.0. The molecular weight excluding hydrogens is 278 g/mol. The SMILES string of the molecule is Cc1ccc(CCC(=O)NCCCOCc2ccco2)cc1. The second kappa shape index (κ2) is 9.05. The third-order valence-corrected chi connectivity index (χ3v) is 3.37. The van der Waals surface area contributed by atoms with E-state index in [9.17, 15) is 4.79 Å². The molecule has 0 aliphatic rings. The van der Waals surface area contributed by atoms with E-state index in [1.54, 1.807) is 6.26 Å². The van der Waals surface area contributed by atoms with Gasteiger partial charge in [0.2, 0.25) is 5.91 Å². The third kappa shape index (κ3) is 6.14. The van der Waals surface area contributed by atoms with Crippen molar-refractivity contribution in [1.29, 1.82) is 0 Å². The molecule has 0 fully saturated rings. The Hall–Kier alpha value is -2.07. The van der Waals surface area contributed by atoms with Gasteiger partial charge >= 0.3 is 0 Å². The zero-order valence-corrected chi connectivity index (χ0v) is 13.0. The average Bonchev–Trinajstić information content (AvgIpc) is 3.03. The molecule has 0 saturated carbocycles. The normalized spacial score (nSPS) is 10.6. The zero-order valence-electron chi connectivity index (χ0n) is 13.0. The molecule has 0 atom stereocenters. The van der Waals surface area contributed by atoms with Crippen molar-refractivity contribution >= 4 is 5.91 Å². The number of benzene rings is 1. The molecule has 2 rings (SSSR count). The van der Waals surface area contributed by atoms with Crippen molar-refractivity contribution in [3.8, 4) is 0 Å². The summed E-state index contributed by atoms with van der Waals surface area (Å²) in [5.74, 6) is 0.911. The number of aryl methyl sites for hydroxylation is 2. The molecule has 1 aromatic carbocycles. The third-order valence-electron chi connectivity index (χ3n) is 3.37. The van der Waals surface area contributed by atoms with Crippen LogP contribution in [0.5, 0.6) is 0 Å². The van der Waals surface area contributed by atoms with Crippen molar-refractivity contribution in [3.05, 3.63) is 59.5 Å². The summed E-state index contributed by atoms with van der Waals surface area (Å²) in [6.07, 6.45) is 3.74. The largest absolute Gasteiger partial charge is 0.467 e. The summed E-state index contributed by atoms with van der Waals surface area (Å²) < 4.78 is 10.6. The molecule has 0 spiro atoms. The second-order valence-corrected chi connectivity index (χ2v) is 5.32. The van der Waals surface area contributed by atoms with E-state index in [0.29, 0.717) is 26.2 Å². The molecule has 1 amide bonds. The number of hydrogen-bond acceptors (Lipinski definition) is 3. The molecule has 0 unspecified atom stereocenters. The Kier molecular flexibility index (Phi) is 6.71. The van der Waals surface area contributed by atoms with Crippen LogP contribution in [0.25, 0.3) is 0 Å². The van der Waals surface area contributed by atoms with Crippen molar-refractivity contribution in [2.75, 3.05) is 13.2 Å². The summed E-state index contributed by atoms with van der Waals surface area (Å²) in [5, 5.41) is 2.92. The summed E-state index contributed by atoms with van der Waals surface area (Å²) >= 11 is 0. The van der Waals surface area contributed by atoms with Crippen LogP contribution in [-0.4, -0.2) is 19.1 Å². The van der Waals surface area contributed by atoms with Crippen LogP contribution in [0, 0.1) is 6.92 Å². The molecule has 0 saturated heterocycles. The monoisotopic (exact) mass is 301 g/mol. The highest BCUT2D eigenvalue weighted by Gasteiger charge is 2.02. The Morgan fingerprint density at radius 2 is 2.05 bits per heavy atom. The first-order valence-corrected chi connectivity index (χ1v) is 7.66. The van der Waals surface area contributed by atoms with Crippen molar-refractivity contribution in [2.24, 2.45) is 0 Å². The maximum Gasteiger partial charge on any atom is 0.220 e. The molecule has 0 radical (unpaired) electrons. The summed E-state index contributed by atoms with van der Waals surface area (Å²) in [6.45, 7) is 3.79. The topological polar surface area (TPSA) is 51.5 Å². The molecule has 1 N–H and O–H groups in total. The van der Waals surface area contributed by atoms with Crippen LogP contribution in [0.1, 0.15) is 29.7 Å². The average molecular weight is 301 g/mol. The Labute approximate surface area is 131 Å². The fourth-order valence-electron chi connectivity index (χ4n) is 2.07. The first-order valence-electron chi connectivity index (χ1n) is 7.66. The molecule has 22 heavy (non-hydrogen) atoms. The van der Waals surface area contributed by atoms with Crippen LogP contribution in [0.15, 0.2) is 47.1 Å². The minimum absolute atomic E-state index is 0.0895. The Balaban J connectivity index is 1.49. The van der Waals surface area contributed by atoms with Gasteiger partial charge in [-0.05, 0) is 37.5 Å². The predicted octanol–water partition coefficient (Wildman–Crippen LogP) is 3.24. The highest BCUT2D eigenvalue weighted by atomic mass is 16.5. The lowest BCUT2D eigenvalue weighted by Crippen LogP contribution is -2.25. The summed E-state index contributed by atoms with van der Waals surface area (Å²) in [5.41, 5.74) is 2.44. The lowest BCUT2D eigenvalue weighted by molar-refractivity contribution is -0.121. The van der Waals surface area contributed by atoms with Crippen LogP contribution < -0.4 is 5.32 Å². The molecule has 1 heterocycles. The highest BCUT2D eigenvalue weighted by molar-refractivity contribution is 5.76. The summed E-state index contributed by atoms with van der Waals surface area (Å²) in [4.78, 5) is 11.7. The first-order chi connectivity index (χ1) is 10.7. The molecule has 4 heteroatoms. The van der Waals surface area contributed by atoms with Gasteiger partial charge in [0, 0.05) is 19.6 Å². The van der Waals surface area contributed by atoms with Gasteiger partial charge in [-0.15, -0.1) is 0 Å².